The van der Waals surface area contributed by atoms with Crippen LogP contribution in [-0.4, -0.2) is 61.0 Å². The van der Waals surface area contributed by atoms with E-state index >= 15 is 0 Å². The third kappa shape index (κ3) is 4.55. The number of hydrogen-bond donors (Lipinski definition) is 1. The highest BCUT2D eigenvalue weighted by Gasteiger charge is 2.24. The highest BCUT2D eigenvalue weighted by atomic mass is 16.5. The minimum absolute atomic E-state index is 0.107. The first-order chi connectivity index (χ1) is 8.74. The van der Waals surface area contributed by atoms with Gasteiger partial charge in [0, 0.05) is 26.2 Å². The third-order valence-electron chi connectivity index (χ3n) is 3.69. The molecular weight excluding hydrogens is 234 g/mol. The van der Waals surface area contributed by atoms with Gasteiger partial charge in [-0.15, -0.1) is 0 Å². The predicted molar refractivity (Wildman–Crippen MR) is 66.6 cm³/mol. The number of nitrogens with zero attached hydrogens (tertiary/aromatic N) is 1. The Labute approximate surface area is 108 Å². The SMILES string of the molecule is O=C(O)CCOC1CCN(CC2CCCO2)CC1. The van der Waals surface area contributed by atoms with E-state index < -0.39 is 5.97 Å². The van der Waals surface area contributed by atoms with E-state index in [4.69, 9.17) is 14.6 Å². The van der Waals surface area contributed by atoms with E-state index in [1.165, 1.54) is 12.8 Å². The zero-order valence-electron chi connectivity index (χ0n) is 10.8. The van der Waals surface area contributed by atoms with Gasteiger partial charge in [0.05, 0.1) is 25.2 Å². The van der Waals surface area contributed by atoms with Gasteiger partial charge in [-0.2, -0.15) is 0 Å². The number of carboxylic acid groups (broad SMARTS) is 1. The van der Waals surface area contributed by atoms with E-state index in [0.29, 0.717) is 12.7 Å². The largest absolute Gasteiger partial charge is 0.481 e. The number of rotatable bonds is 6. The standard InChI is InChI=1S/C13H23NO4/c15-13(16)5-9-18-11-3-6-14(7-4-11)10-12-2-1-8-17-12/h11-12H,1-10H2,(H,15,16). The van der Waals surface area contributed by atoms with Crippen LogP contribution in [0.4, 0.5) is 0 Å². The second-order valence-corrected chi connectivity index (χ2v) is 5.15. The Kier molecular flexibility index (Phi) is 5.41. The molecule has 0 radical (unpaired) electrons. The number of hydrogen-bond acceptors (Lipinski definition) is 4. The smallest absolute Gasteiger partial charge is 0.305 e. The first-order valence-electron chi connectivity index (χ1n) is 6.91. The average Bonchev–Trinajstić information content (AvgIpc) is 2.84. The van der Waals surface area contributed by atoms with Crippen LogP contribution in [0.1, 0.15) is 32.1 Å². The van der Waals surface area contributed by atoms with Gasteiger partial charge in [-0.3, -0.25) is 4.79 Å². The van der Waals surface area contributed by atoms with Gasteiger partial charge in [-0.05, 0) is 25.7 Å². The van der Waals surface area contributed by atoms with Crippen LogP contribution in [0.5, 0.6) is 0 Å². The molecule has 0 bridgehead atoms. The fourth-order valence-electron chi connectivity index (χ4n) is 2.65. The summed E-state index contributed by atoms with van der Waals surface area (Å²) < 4.78 is 11.2. The molecule has 18 heavy (non-hydrogen) atoms. The normalized spacial score (nSPS) is 26.6. The predicted octanol–water partition coefficient (Wildman–Crippen LogP) is 1.12. The van der Waals surface area contributed by atoms with Crippen molar-refractivity contribution in [3.63, 3.8) is 0 Å². The van der Waals surface area contributed by atoms with Crippen molar-refractivity contribution >= 4 is 5.97 Å². The van der Waals surface area contributed by atoms with Crippen LogP contribution in [0.2, 0.25) is 0 Å². The maximum absolute atomic E-state index is 10.4. The molecule has 1 atom stereocenters. The molecule has 0 aromatic rings. The zero-order valence-corrected chi connectivity index (χ0v) is 10.8. The van der Waals surface area contributed by atoms with Crippen LogP contribution in [0, 0.1) is 0 Å². The second kappa shape index (κ2) is 7.07. The Morgan fingerprint density at radius 1 is 1.33 bits per heavy atom. The molecule has 0 spiro atoms. The quantitative estimate of drug-likeness (QED) is 0.772. The number of ether oxygens (including phenoxy) is 2. The van der Waals surface area contributed by atoms with Crippen molar-refractivity contribution in [1.82, 2.24) is 4.90 Å². The van der Waals surface area contributed by atoms with Crippen molar-refractivity contribution in [2.24, 2.45) is 0 Å². The van der Waals surface area contributed by atoms with Crippen LogP contribution in [-0.2, 0) is 14.3 Å². The number of carboxylic acids is 1. The number of carbonyl (C=O) groups is 1. The molecule has 2 saturated heterocycles. The molecule has 2 aliphatic rings. The molecule has 2 rings (SSSR count). The van der Waals surface area contributed by atoms with Crippen LogP contribution >= 0.6 is 0 Å². The number of likely N-dealkylation sites (tertiary alicyclic amines) is 1. The van der Waals surface area contributed by atoms with Crippen molar-refractivity contribution in [2.45, 2.75) is 44.3 Å². The number of aliphatic carboxylic acids is 1. The molecule has 5 nitrogen and oxygen atoms in total. The summed E-state index contributed by atoms with van der Waals surface area (Å²) in [6.07, 6.45) is 5.17. The molecule has 1 unspecified atom stereocenters. The van der Waals surface area contributed by atoms with Crippen LogP contribution in [0.3, 0.4) is 0 Å². The highest BCUT2D eigenvalue weighted by molar-refractivity contribution is 5.66. The van der Waals surface area contributed by atoms with E-state index in [9.17, 15) is 4.79 Å². The summed E-state index contributed by atoms with van der Waals surface area (Å²) in [5, 5.41) is 8.54. The lowest BCUT2D eigenvalue weighted by atomic mass is 10.1. The highest BCUT2D eigenvalue weighted by Crippen LogP contribution is 2.18. The molecular formula is C13H23NO4. The van der Waals surface area contributed by atoms with Gasteiger partial charge in [0.25, 0.3) is 0 Å². The molecule has 5 heteroatoms. The van der Waals surface area contributed by atoms with E-state index in [1.807, 2.05) is 0 Å². The summed E-state index contributed by atoms with van der Waals surface area (Å²) in [5.74, 6) is -0.786. The van der Waals surface area contributed by atoms with Crippen molar-refractivity contribution in [2.75, 3.05) is 32.8 Å². The van der Waals surface area contributed by atoms with E-state index in [-0.39, 0.29) is 12.5 Å². The topological polar surface area (TPSA) is 59.0 Å². The zero-order chi connectivity index (χ0) is 12.8. The first-order valence-corrected chi connectivity index (χ1v) is 6.91. The number of piperidine rings is 1. The lowest BCUT2D eigenvalue weighted by Gasteiger charge is -2.33. The van der Waals surface area contributed by atoms with Crippen LogP contribution in [0.25, 0.3) is 0 Å². The maximum atomic E-state index is 10.4. The minimum atomic E-state index is -0.786. The summed E-state index contributed by atoms with van der Waals surface area (Å²) in [5.41, 5.74) is 0. The molecule has 0 saturated carbocycles. The fraction of sp³-hybridized carbons (Fsp3) is 0.923. The lowest BCUT2D eigenvalue weighted by molar-refractivity contribution is -0.138. The Hall–Kier alpha value is -0.650. The molecule has 0 aromatic carbocycles. The van der Waals surface area contributed by atoms with Crippen molar-refractivity contribution in [3.8, 4) is 0 Å². The summed E-state index contributed by atoms with van der Waals surface area (Å²) in [7, 11) is 0. The van der Waals surface area contributed by atoms with Gasteiger partial charge in [0.1, 0.15) is 0 Å². The summed E-state index contributed by atoms with van der Waals surface area (Å²) in [6, 6.07) is 0. The van der Waals surface area contributed by atoms with Crippen LogP contribution in [0.15, 0.2) is 0 Å². The Morgan fingerprint density at radius 3 is 2.72 bits per heavy atom. The molecule has 2 aliphatic heterocycles. The van der Waals surface area contributed by atoms with Crippen molar-refractivity contribution in [1.29, 1.82) is 0 Å². The van der Waals surface area contributed by atoms with Gasteiger partial charge >= 0.3 is 5.97 Å². The molecule has 0 amide bonds. The van der Waals surface area contributed by atoms with E-state index in [2.05, 4.69) is 4.90 Å². The van der Waals surface area contributed by atoms with E-state index in [1.54, 1.807) is 0 Å². The average molecular weight is 257 g/mol. The van der Waals surface area contributed by atoms with E-state index in [0.717, 1.165) is 39.1 Å². The third-order valence-corrected chi connectivity index (χ3v) is 3.69. The summed E-state index contributed by atoms with van der Waals surface area (Å²) in [6.45, 7) is 4.38. The maximum Gasteiger partial charge on any atom is 0.305 e. The molecule has 2 heterocycles. The van der Waals surface area contributed by atoms with Crippen molar-refractivity contribution < 1.29 is 19.4 Å². The monoisotopic (exact) mass is 257 g/mol. The van der Waals surface area contributed by atoms with Crippen LogP contribution < -0.4 is 0 Å². The summed E-state index contributed by atoms with van der Waals surface area (Å²) in [4.78, 5) is 12.8. The molecule has 0 aromatic heterocycles. The molecule has 104 valence electrons. The second-order valence-electron chi connectivity index (χ2n) is 5.15. The van der Waals surface area contributed by atoms with Gasteiger partial charge < -0.3 is 19.5 Å². The van der Waals surface area contributed by atoms with Crippen molar-refractivity contribution in [3.05, 3.63) is 0 Å². The fourth-order valence-corrected chi connectivity index (χ4v) is 2.65. The molecule has 1 N–H and O–H groups in total. The molecule has 0 aliphatic carbocycles. The van der Waals surface area contributed by atoms with Gasteiger partial charge in [-0.1, -0.05) is 0 Å². The Morgan fingerprint density at radius 2 is 2.11 bits per heavy atom. The molecule has 2 fully saturated rings. The van der Waals surface area contributed by atoms with Gasteiger partial charge in [0.15, 0.2) is 0 Å². The minimum Gasteiger partial charge on any atom is -0.481 e. The Balaban J connectivity index is 1.57. The Bertz CT molecular complexity index is 258. The summed E-state index contributed by atoms with van der Waals surface area (Å²) >= 11 is 0. The lowest BCUT2D eigenvalue weighted by Crippen LogP contribution is -2.41. The van der Waals surface area contributed by atoms with Gasteiger partial charge in [0.2, 0.25) is 0 Å². The van der Waals surface area contributed by atoms with Gasteiger partial charge in [-0.25, -0.2) is 0 Å². The first kappa shape index (κ1) is 13.8.